The first-order valence-corrected chi connectivity index (χ1v) is 7.31. The van der Waals surface area contributed by atoms with Gasteiger partial charge in [0.25, 0.3) is 5.91 Å². The second-order valence-corrected chi connectivity index (χ2v) is 5.63. The molecule has 5 heteroatoms. The number of nitrogens with one attached hydrogen (secondary N) is 1. The van der Waals surface area contributed by atoms with Gasteiger partial charge in [-0.3, -0.25) is 14.5 Å². The number of hydrogen-bond donors (Lipinski definition) is 1. The molecule has 0 aromatic heterocycles. The topological polar surface area (TPSA) is 73.2 Å². The van der Waals surface area contributed by atoms with Crippen molar-refractivity contribution in [1.29, 1.82) is 5.26 Å². The number of carbonyl (C=O) groups is 2. The summed E-state index contributed by atoms with van der Waals surface area (Å²) in [5.74, 6) is -0.213. The molecule has 1 aliphatic carbocycles. The van der Waals surface area contributed by atoms with Crippen molar-refractivity contribution in [2.24, 2.45) is 0 Å². The van der Waals surface area contributed by atoms with Crippen molar-refractivity contribution in [1.82, 2.24) is 4.90 Å². The number of hydrogen-bond acceptors (Lipinski definition) is 4. The first-order valence-electron chi connectivity index (χ1n) is 7.31. The quantitative estimate of drug-likeness (QED) is 0.862. The maximum atomic E-state index is 12.4. The van der Waals surface area contributed by atoms with E-state index in [0.29, 0.717) is 11.3 Å². The molecule has 1 aromatic carbocycles. The van der Waals surface area contributed by atoms with Crippen molar-refractivity contribution in [3.05, 3.63) is 29.8 Å². The molecule has 5 nitrogen and oxygen atoms in total. The van der Waals surface area contributed by atoms with Crippen molar-refractivity contribution in [2.75, 3.05) is 5.32 Å². The van der Waals surface area contributed by atoms with Crippen LogP contribution in [-0.4, -0.2) is 28.8 Å². The first kappa shape index (κ1) is 13.6. The van der Waals surface area contributed by atoms with Crippen LogP contribution >= 0.6 is 0 Å². The number of nitriles is 1. The third kappa shape index (κ3) is 2.62. The van der Waals surface area contributed by atoms with Gasteiger partial charge in [-0.05, 0) is 31.0 Å². The van der Waals surface area contributed by atoms with E-state index in [2.05, 4.69) is 11.4 Å². The minimum absolute atomic E-state index is 0.0826. The lowest BCUT2D eigenvalue weighted by atomic mass is 10.2. The van der Waals surface area contributed by atoms with Crippen LogP contribution in [0.25, 0.3) is 0 Å². The normalized spacial score (nSPS) is 22.6. The Kier molecular flexibility index (Phi) is 3.61. The first-order chi connectivity index (χ1) is 10.2. The molecule has 1 aliphatic heterocycles. The molecule has 1 saturated heterocycles. The molecule has 1 N–H and O–H groups in total. The maximum Gasteiger partial charge on any atom is 0.252 e. The molecular weight excluding hydrogens is 266 g/mol. The number of nitrogens with zero attached hydrogens (tertiary/aromatic N) is 2. The molecule has 2 fully saturated rings. The zero-order valence-corrected chi connectivity index (χ0v) is 11.7. The SMILES string of the molecule is N#Cc1cccc(NC2CC(=O)N(C3CCCC3)C2=O)c1. The van der Waals surface area contributed by atoms with E-state index in [9.17, 15) is 9.59 Å². The van der Waals surface area contributed by atoms with Crippen LogP contribution in [0.4, 0.5) is 5.69 Å². The third-order valence-corrected chi connectivity index (χ3v) is 4.21. The highest BCUT2D eigenvalue weighted by molar-refractivity contribution is 6.07. The van der Waals surface area contributed by atoms with Crippen molar-refractivity contribution in [2.45, 2.75) is 44.2 Å². The lowest BCUT2D eigenvalue weighted by molar-refractivity contribution is -0.141. The van der Waals surface area contributed by atoms with Crippen LogP contribution in [0.5, 0.6) is 0 Å². The van der Waals surface area contributed by atoms with Gasteiger partial charge in [0.1, 0.15) is 6.04 Å². The van der Waals surface area contributed by atoms with E-state index in [1.54, 1.807) is 24.3 Å². The molecule has 2 aliphatic rings. The Balaban J connectivity index is 1.73. The fourth-order valence-corrected chi connectivity index (χ4v) is 3.19. The van der Waals surface area contributed by atoms with Crippen molar-refractivity contribution >= 4 is 17.5 Å². The van der Waals surface area contributed by atoms with E-state index in [4.69, 9.17) is 5.26 Å². The molecule has 0 bridgehead atoms. The predicted octanol–water partition coefficient (Wildman–Crippen LogP) is 2.04. The van der Waals surface area contributed by atoms with Crippen LogP contribution < -0.4 is 5.32 Å². The molecule has 1 atom stereocenters. The monoisotopic (exact) mass is 283 g/mol. The average Bonchev–Trinajstić information content (AvgIpc) is 3.08. The fourth-order valence-electron chi connectivity index (χ4n) is 3.19. The number of likely N-dealkylation sites (tertiary alicyclic amines) is 1. The molecule has 1 heterocycles. The van der Waals surface area contributed by atoms with Gasteiger partial charge in [-0.2, -0.15) is 5.26 Å². The van der Waals surface area contributed by atoms with E-state index in [-0.39, 0.29) is 24.3 Å². The Morgan fingerprint density at radius 1 is 1.24 bits per heavy atom. The van der Waals surface area contributed by atoms with Gasteiger partial charge in [-0.1, -0.05) is 18.9 Å². The Labute approximate surface area is 123 Å². The third-order valence-electron chi connectivity index (χ3n) is 4.21. The van der Waals surface area contributed by atoms with E-state index < -0.39 is 6.04 Å². The van der Waals surface area contributed by atoms with Crippen LogP contribution in [0.1, 0.15) is 37.7 Å². The van der Waals surface area contributed by atoms with Crippen LogP contribution in [0.15, 0.2) is 24.3 Å². The van der Waals surface area contributed by atoms with Crippen LogP contribution in [0, 0.1) is 11.3 Å². The van der Waals surface area contributed by atoms with Gasteiger partial charge in [0, 0.05) is 11.7 Å². The van der Waals surface area contributed by atoms with Gasteiger partial charge in [0.2, 0.25) is 5.91 Å². The lowest BCUT2D eigenvalue weighted by Crippen LogP contribution is -2.40. The standard InChI is InChI=1S/C16H17N3O2/c17-10-11-4-3-5-12(8-11)18-14-9-15(20)19(16(14)21)13-6-1-2-7-13/h3-5,8,13-14,18H,1-2,6-7,9H2. The molecule has 0 spiro atoms. The zero-order valence-electron chi connectivity index (χ0n) is 11.7. The molecule has 21 heavy (non-hydrogen) atoms. The van der Waals surface area contributed by atoms with Crippen LogP contribution in [0.2, 0.25) is 0 Å². The summed E-state index contributed by atoms with van der Waals surface area (Å²) in [6.07, 6.45) is 4.22. The van der Waals surface area contributed by atoms with Gasteiger partial charge in [0.05, 0.1) is 18.1 Å². The minimum Gasteiger partial charge on any atom is -0.373 e. The summed E-state index contributed by atoms with van der Waals surface area (Å²) < 4.78 is 0. The molecule has 3 rings (SSSR count). The molecule has 1 aromatic rings. The van der Waals surface area contributed by atoms with E-state index in [0.717, 1.165) is 25.7 Å². The fraction of sp³-hybridized carbons (Fsp3) is 0.438. The smallest absolute Gasteiger partial charge is 0.252 e. The summed E-state index contributed by atoms with van der Waals surface area (Å²) in [6, 6.07) is 8.60. The lowest BCUT2D eigenvalue weighted by Gasteiger charge is -2.22. The minimum atomic E-state index is -0.507. The van der Waals surface area contributed by atoms with E-state index in [1.807, 2.05) is 0 Å². The number of benzene rings is 1. The Bertz CT molecular complexity index is 614. The largest absolute Gasteiger partial charge is 0.373 e. The number of rotatable bonds is 3. The highest BCUT2D eigenvalue weighted by Crippen LogP contribution is 2.29. The van der Waals surface area contributed by atoms with Crippen molar-refractivity contribution in [3.63, 3.8) is 0 Å². The Morgan fingerprint density at radius 3 is 2.71 bits per heavy atom. The maximum absolute atomic E-state index is 12.4. The van der Waals surface area contributed by atoms with E-state index >= 15 is 0 Å². The summed E-state index contributed by atoms with van der Waals surface area (Å²) in [5, 5.41) is 12.0. The highest BCUT2D eigenvalue weighted by atomic mass is 16.2. The summed E-state index contributed by atoms with van der Waals surface area (Å²) in [7, 11) is 0. The molecule has 1 unspecified atom stereocenters. The highest BCUT2D eigenvalue weighted by Gasteiger charge is 2.42. The van der Waals surface area contributed by atoms with Gasteiger partial charge in [0.15, 0.2) is 0 Å². The molecule has 1 saturated carbocycles. The van der Waals surface area contributed by atoms with Crippen LogP contribution in [-0.2, 0) is 9.59 Å². The molecule has 2 amide bonds. The summed E-state index contributed by atoms with van der Waals surface area (Å²) in [5.41, 5.74) is 1.23. The summed E-state index contributed by atoms with van der Waals surface area (Å²) in [6.45, 7) is 0. The number of anilines is 1. The van der Waals surface area contributed by atoms with E-state index in [1.165, 1.54) is 4.90 Å². The second kappa shape index (κ2) is 5.57. The van der Waals surface area contributed by atoms with Crippen molar-refractivity contribution in [3.8, 4) is 6.07 Å². The van der Waals surface area contributed by atoms with Crippen LogP contribution in [0.3, 0.4) is 0 Å². The Hall–Kier alpha value is -2.35. The molecule has 0 radical (unpaired) electrons. The number of carbonyl (C=O) groups excluding carboxylic acids is 2. The predicted molar refractivity (Wildman–Crippen MR) is 77.3 cm³/mol. The molecular formula is C16H17N3O2. The van der Waals surface area contributed by atoms with Gasteiger partial charge in [-0.15, -0.1) is 0 Å². The average molecular weight is 283 g/mol. The Morgan fingerprint density at radius 2 is 2.00 bits per heavy atom. The van der Waals surface area contributed by atoms with Gasteiger partial charge in [-0.25, -0.2) is 0 Å². The summed E-state index contributed by atoms with van der Waals surface area (Å²) in [4.78, 5) is 26.0. The van der Waals surface area contributed by atoms with Crippen molar-refractivity contribution < 1.29 is 9.59 Å². The zero-order chi connectivity index (χ0) is 14.8. The molecule has 108 valence electrons. The summed E-state index contributed by atoms with van der Waals surface area (Å²) >= 11 is 0. The number of imide groups is 1. The number of amides is 2. The second-order valence-electron chi connectivity index (χ2n) is 5.63. The van der Waals surface area contributed by atoms with Gasteiger partial charge < -0.3 is 5.32 Å². The van der Waals surface area contributed by atoms with Gasteiger partial charge >= 0.3 is 0 Å².